The zero-order valence-corrected chi connectivity index (χ0v) is 12.8. The summed E-state index contributed by atoms with van der Waals surface area (Å²) in [5.41, 5.74) is 9.88. The average Bonchev–Trinajstić information content (AvgIpc) is 2.91. The Morgan fingerprint density at radius 3 is 3.05 bits per heavy atom. The van der Waals surface area contributed by atoms with Crippen molar-refractivity contribution in [2.45, 2.75) is 24.1 Å². The van der Waals surface area contributed by atoms with Crippen molar-refractivity contribution in [3.05, 3.63) is 29.3 Å². The first kappa shape index (κ1) is 14.8. The van der Waals surface area contributed by atoms with Gasteiger partial charge < -0.3 is 11.1 Å². The molecule has 2 aromatic rings. The first-order valence-electron chi connectivity index (χ1n) is 6.20. The number of carbonyl (C=O) groups is 1. The number of aromatic nitrogens is 2. The summed E-state index contributed by atoms with van der Waals surface area (Å²) in [6.45, 7) is 1.93. The van der Waals surface area contributed by atoms with Crippen molar-refractivity contribution in [3.8, 4) is 0 Å². The number of hydrogen-bond donors (Lipinski definition) is 2. The second-order valence-electron chi connectivity index (χ2n) is 4.28. The molecule has 1 aromatic heterocycles. The minimum atomic E-state index is 0.0238. The van der Waals surface area contributed by atoms with E-state index in [0.29, 0.717) is 12.1 Å². The summed E-state index contributed by atoms with van der Waals surface area (Å²) in [7, 11) is 0. The minimum absolute atomic E-state index is 0.0238. The van der Waals surface area contributed by atoms with E-state index in [4.69, 9.17) is 5.73 Å². The number of anilines is 2. The van der Waals surface area contributed by atoms with Gasteiger partial charge in [0.15, 0.2) is 4.34 Å². The van der Waals surface area contributed by atoms with Gasteiger partial charge in [0.1, 0.15) is 5.51 Å². The number of rotatable bonds is 6. The third-order valence-corrected chi connectivity index (χ3v) is 4.58. The fraction of sp³-hybridized carbons (Fsp3) is 0.308. The molecule has 7 heteroatoms. The number of amides is 1. The van der Waals surface area contributed by atoms with Crippen LogP contribution in [0.15, 0.2) is 28.0 Å². The molecule has 2 rings (SSSR count). The molecule has 0 saturated carbocycles. The highest BCUT2D eigenvalue weighted by Crippen LogP contribution is 2.21. The summed E-state index contributed by atoms with van der Waals surface area (Å²) in [4.78, 5) is 11.8. The second-order valence-corrected chi connectivity index (χ2v) is 6.45. The van der Waals surface area contributed by atoms with Crippen LogP contribution < -0.4 is 11.1 Å². The second kappa shape index (κ2) is 7.25. The van der Waals surface area contributed by atoms with Gasteiger partial charge in [0, 0.05) is 23.5 Å². The number of thioether (sulfide) groups is 1. The van der Waals surface area contributed by atoms with Gasteiger partial charge >= 0.3 is 0 Å². The quantitative estimate of drug-likeness (QED) is 0.487. The number of nitrogens with one attached hydrogen (secondary N) is 1. The normalized spacial score (nSPS) is 10.4. The summed E-state index contributed by atoms with van der Waals surface area (Å²) >= 11 is 3.14. The highest BCUT2D eigenvalue weighted by atomic mass is 32.2. The van der Waals surface area contributed by atoms with Crippen LogP contribution in [0.5, 0.6) is 0 Å². The van der Waals surface area contributed by atoms with Crippen LogP contribution in [0.1, 0.15) is 18.4 Å². The number of nitrogen functional groups attached to an aromatic ring is 1. The van der Waals surface area contributed by atoms with Gasteiger partial charge in [-0.3, -0.25) is 4.79 Å². The van der Waals surface area contributed by atoms with E-state index in [1.54, 1.807) is 23.3 Å². The Bertz CT molecular complexity index is 572. The van der Waals surface area contributed by atoms with Crippen molar-refractivity contribution < 1.29 is 4.79 Å². The van der Waals surface area contributed by atoms with Gasteiger partial charge in [-0.15, -0.1) is 10.2 Å². The molecule has 0 saturated heterocycles. The number of nitrogens with zero attached hydrogens (tertiary/aromatic N) is 2. The monoisotopic (exact) mass is 308 g/mol. The zero-order chi connectivity index (χ0) is 14.4. The molecule has 0 aliphatic carbocycles. The van der Waals surface area contributed by atoms with Crippen LogP contribution in [0.4, 0.5) is 11.4 Å². The summed E-state index contributed by atoms with van der Waals surface area (Å²) < 4.78 is 0.944. The van der Waals surface area contributed by atoms with Crippen molar-refractivity contribution in [2.24, 2.45) is 0 Å². The lowest BCUT2D eigenvalue weighted by Gasteiger charge is -2.08. The maximum absolute atomic E-state index is 11.8. The van der Waals surface area contributed by atoms with E-state index < -0.39 is 0 Å². The molecule has 106 valence electrons. The van der Waals surface area contributed by atoms with Gasteiger partial charge in [0.05, 0.1) is 0 Å². The van der Waals surface area contributed by atoms with E-state index in [1.165, 1.54) is 11.3 Å². The first-order valence-corrected chi connectivity index (χ1v) is 8.06. The molecule has 1 amide bonds. The van der Waals surface area contributed by atoms with Crippen LogP contribution in [0, 0.1) is 6.92 Å². The lowest BCUT2D eigenvalue weighted by atomic mass is 10.1. The number of hydrogen-bond acceptors (Lipinski definition) is 6. The molecule has 5 nitrogen and oxygen atoms in total. The molecular weight excluding hydrogens is 292 g/mol. The van der Waals surface area contributed by atoms with Crippen LogP contribution in [0.25, 0.3) is 0 Å². The van der Waals surface area contributed by atoms with Crippen LogP contribution >= 0.6 is 23.1 Å². The Hall–Kier alpha value is -1.60. The zero-order valence-electron chi connectivity index (χ0n) is 11.1. The third kappa shape index (κ3) is 4.50. The molecule has 1 aromatic carbocycles. The molecule has 0 spiro atoms. The molecule has 20 heavy (non-hydrogen) atoms. The lowest BCUT2D eigenvalue weighted by Crippen LogP contribution is -2.12. The molecule has 1 heterocycles. The van der Waals surface area contributed by atoms with E-state index in [0.717, 1.165) is 27.8 Å². The standard InChI is InChI=1S/C13H16N4OS2/c1-9-7-10(14)4-5-11(9)16-12(18)3-2-6-19-13-17-15-8-20-13/h4-5,7-8H,2-3,6,14H2,1H3,(H,16,18). The summed E-state index contributed by atoms with van der Waals surface area (Å²) in [5.74, 6) is 0.888. The average molecular weight is 308 g/mol. The lowest BCUT2D eigenvalue weighted by molar-refractivity contribution is -0.116. The number of carbonyl (C=O) groups excluding carboxylic acids is 1. The Labute approximate surface area is 126 Å². The summed E-state index contributed by atoms with van der Waals surface area (Å²) in [6.07, 6.45) is 1.31. The maximum atomic E-state index is 11.8. The van der Waals surface area contributed by atoms with Gasteiger partial charge in [-0.2, -0.15) is 0 Å². The smallest absolute Gasteiger partial charge is 0.224 e. The molecule has 0 unspecified atom stereocenters. The van der Waals surface area contributed by atoms with Gasteiger partial charge in [0.2, 0.25) is 5.91 Å². The van der Waals surface area contributed by atoms with Crippen LogP contribution in [0.2, 0.25) is 0 Å². The van der Waals surface area contributed by atoms with Gasteiger partial charge in [-0.1, -0.05) is 23.1 Å². The minimum Gasteiger partial charge on any atom is -0.399 e. The van der Waals surface area contributed by atoms with Gasteiger partial charge in [-0.05, 0) is 37.1 Å². The molecule has 0 bridgehead atoms. The Morgan fingerprint density at radius 2 is 2.35 bits per heavy atom. The number of nitrogens with two attached hydrogens (primary N) is 1. The van der Waals surface area contributed by atoms with E-state index in [9.17, 15) is 4.79 Å². The summed E-state index contributed by atoms with van der Waals surface area (Å²) in [6, 6.07) is 5.47. The first-order chi connectivity index (χ1) is 9.65. The predicted molar refractivity (Wildman–Crippen MR) is 84.1 cm³/mol. The molecule has 0 aliphatic rings. The van der Waals surface area contributed by atoms with Crippen LogP contribution in [0.3, 0.4) is 0 Å². The molecule has 0 atom stereocenters. The molecule has 3 N–H and O–H groups in total. The van der Waals surface area contributed by atoms with Crippen molar-refractivity contribution in [1.29, 1.82) is 0 Å². The number of aryl methyl sites for hydroxylation is 1. The Morgan fingerprint density at radius 1 is 1.50 bits per heavy atom. The van der Waals surface area contributed by atoms with E-state index in [1.807, 2.05) is 19.1 Å². The van der Waals surface area contributed by atoms with Crippen molar-refractivity contribution >= 4 is 40.4 Å². The fourth-order valence-corrected chi connectivity index (χ4v) is 3.16. The largest absolute Gasteiger partial charge is 0.399 e. The van der Waals surface area contributed by atoms with Crippen LogP contribution in [-0.2, 0) is 4.79 Å². The third-order valence-electron chi connectivity index (χ3n) is 2.64. The van der Waals surface area contributed by atoms with E-state index >= 15 is 0 Å². The highest BCUT2D eigenvalue weighted by Gasteiger charge is 2.05. The van der Waals surface area contributed by atoms with E-state index in [2.05, 4.69) is 15.5 Å². The SMILES string of the molecule is Cc1cc(N)ccc1NC(=O)CCCSc1nncs1. The predicted octanol–water partition coefficient (Wildman–Crippen LogP) is 2.94. The van der Waals surface area contributed by atoms with Crippen molar-refractivity contribution in [1.82, 2.24) is 10.2 Å². The topological polar surface area (TPSA) is 80.9 Å². The van der Waals surface area contributed by atoms with Gasteiger partial charge in [-0.25, -0.2) is 0 Å². The van der Waals surface area contributed by atoms with Crippen LogP contribution in [-0.4, -0.2) is 21.9 Å². The summed E-state index contributed by atoms with van der Waals surface area (Å²) in [5, 5.41) is 10.6. The van der Waals surface area contributed by atoms with Gasteiger partial charge in [0.25, 0.3) is 0 Å². The molecular formula is C13H16N4OS2. The maximum Gasteiger partial charge on any atom is 0.224 e. The fourth-order valence-electron chi connectivity index (χ4n) is 1.66. The highest BCUT2D eigenvalue weighted by molar-refractivity contribution is 8.00. The molecule has 0 fully saturated rings. The Kier molecular flexibility index (Phi) is 5.37. The molecule has 0 radical (unpaired) electrons. The van der Waals surface area contributed by atoms with Crippen molar-refractivity contribution in [2.75, 3.05) is 16.8 Å². The molecule has 0 aliphatic heterocycles. The van der Waals surface area contributed by atoms with E-state index in [-0.39, 0.29) is 5.91 Å². The van der Waals surface area contributed by atoms with Crippen molar-refractivity contribution in [3.63, 3.8) is 0 Å². The number of benzene rings is 1. The Balaban J connectivity index is 1.72.